The molecule has 0 atom stereocenters. The van der Waals surface area contributed by atoms with E-state index in [1.807, 2.05) is 24.3 Å². The van der Waals surface area contributed by atoms with E-state index in [1.165, 1.54) is 12.1 Å². The Morgan fingerprint density at radius 2 is 1.73 bits per heavy atom. The van der Waals surface area contributed by atoms with Gasteiger partial charge >= 0.3 is 5.97 Å². The molecule has 3 aromatic rings. The zero-order valence-corrected chi connectivity index (χ0v) is 20.6. The second kappa shape index (κ2) is 11.5. The van der Waals surface area contributed by atoms with Gasteiger partial charge in [-0.05, 0) is 61.9 Å². The highest BCUT2D eigenvalue weighted by Gasteiger charge is 2.23. The summed E-state index contributed by atoms with van der Waals surface area (Å²) in [6.07, 6.45) is 2.42. The number of benzene rings is 2. The summed E-state index contributed by atoms with van der Waals surface area (Å²) in [7, 11) is 0. The van der Waals surface area contributed by atoms with E-state index in [0.717, 1.165) is 37.7 Å². The summed E-state index contributed by atoms with van der Waals surface area (Å²) in [4.78, 5) is 34.2. The molecule has 0 saturated carbocycles. The van der Waals surface area contributed by atoms with Gasteiger partial charge < -0.3 is 15.1 Å². The highest BCUT2D eigenvalue weighted by molar-refractivity contribution is 5.97. The van der Waals surface area contributed by atoms with Crippen LogP contribution in [0.4, 0.5) is 14.5 Å². The first-order valence-electron chi connectivity index (χ1n) is 12.3. The van der Waals surface area contributed by atoms with E-state index < -0.39 is 17.6 Å². The van der Waals surface area contributed by atoms with E-state index in [0.29, 0.717) is 35.0 Å². The van der Waals surface area contributed by atoms with Gasteiger partial charge in [0.1, 0.15) is 17.5 Å². The lowest BCUT2D eigenvalue weighted by molar-refractivity contribution is -0.137. The van der Waals surface area contributed by atoms with Crippen molar-refractivity contribution in [2.45, 2.75) is 45.4 Å². The quantitative estimate of drug-likeness (QED) is 0.376. The number of hydrogen-bond acceptors (Lipinski definition) is 6. The van der Waals surface area contributed by atoms with E-state index >= 15 is 0 Å². The van der Waals surface area contributed by atoms with Crippen LogP contribution in [0.2, 0.25) is 0 Å². The van der Waals surface area contributed by atoms with Crippen LogP contribution in [-0.4, -0.2) is 45.0 Å². The fourth-order valence-corrected chi connectivity index (χ4v) is 4.66. The number of piperidine rings is 1. The Balaban J connectivity index is 1.36. The minimum absolute atomic E-state index is 0.000727. The first kappa shape index (κ1) is 26.2. The van der Waals surface area contributed by atoms with Crippen molar-refractivity contribution >= 4 is 17.4 Å². The van der Waals surface area contributed by atoms with E-state index in [9.17, 15) is 23.5 Å². The number of anilines is 1. The second-order valence-corrected chi connectivity index (χ2v) is 9.40. The zero-order valence-electron chi connectivity index (χ0n) is 20.6. The number of carboxylic acids is 1. The van der Waals surface area contributed by atoms with Gasteiger partial charge in [0.15, 0.2) is 17.2 Å². The van der Waals surface area contributed by atoms with Crippen LogP contribution in [0, 0.1) is 24.5 Å². The van der Waals surface area contributed by atoms with Gasteiger partial charge in [-0.3, -0.25) is 9.59 Å². The molecule has 1 aliphatic rings. The maximum absolute atomic E-state index is 14.1. The first-order chi connectivity index (χ1) is 17.7. The summed E-state index contributed by atoms with van der Waals surface area (Å²) in [5.74, 6) is -1.99. The molecular weight excluding hydrogens is 480 g/mol. The van der Waals surface area contributed by atoms with Crippen LogP contribution in [-0.2, 0) is 11.2 Å². The molecule has 1 saturated heterocycles. The molecule has 1 fully saturated rings. The molecular formula is C28H29F2N3O4. The van der Waals surface area contributed by atoms with Gasteiger partial charge in [-0.1, -0.05) is 12.1 Å². The van der Waals surface area contributed by atoms with Gasteiger partial charge in [-0.15, -0.1) is 0 Å². The lowest BCUT2D eigenvalue weighted by Crippen LogP contribution is -2.34. The third kappa shape index (κ3) is 6.47. The summed E-state index contributed by atoms with van der Waals surface area (Å²) < 4.78 is 27.3. The fourth-order valence-electron chi connectivity index (χ4n) is 4.66. The molecule has 194 valence electrons. The first-order valence-corrected chi connectivity index (χ1v) is 12.3. The van der Waals surface area contributed by atoms with Crippen molar-refractivity contribution in [2.75, 3.05) is 18.0 Å². The van der Waals surface area contributed by atoms with E-state index in [1.54, 1.807) is 6.92 Å². The molecule has 2 aromatic carbocycles. The molecule has 37 heavy (non-hydrogen) atoms. The summed E-state index contributed by atoms with van der Waals surface area (Å²) in [6.45, 7) is 3.25. The highest BCUT2D eigenvalue weighted by Crippen LogP contribution is 2.30. The molecule has 4 rings (SSSR count). The Bertz CT molecular complexity index is 1290. The average Bonchev–Trinajstić information content (AvgIpc) is 2.86. The molecule has 0 bridgehead atoms. The fraction of sp³-hybridized carbons (Fsp3) is 0.357. The van der Waals surface area contributed by atoms with Gasteiger partial charge in [0.2, 0.25) is 0 Å². The van der Waals surface area contributed by atoms with Crippen LogP contribution in [0.15, 0.2) is 42.5 Å². The summed E-state index contributed by atoms with van der Waals surface area (Å²) in [5.41, 5.74) is 2.36. The van der Waals surface area contributed by atoms with E-state index in [4.69, 9.17) is 5.11 Å². The molecule has 1 aliphatic heterocycles. The number of aliphatic carboxylic acids is 1. The predicted molar refractivity (Wildman–Crippen MR) is 135 cm³/mol. The van der Waals surface area contributed by atoms with Crippen LogP contribution in [0.1, 0.15) is 54.1 Å². The number of ketones is 1. The highest BCUT2D eigenvalue weighted by atomic mass is 19.1. The maximum Gasteiger partial charge on any atom is 0.303 e. The number of halogens is 2. The van der Waals surface area contributed by atoms with Gasteiger partial charge in [0, 0.05) is 49.7 Å². The van der Waals surface area contributed by atoms with Crippen LogP contribution in [0.5, 0.6) is 5.75 Å². The number of Topliss-reactive ketones (excluding diaryl/α,β-unsaturated/α-hetero) is 1. The summed E-state index contributed by atoms with van der Waals surface area (Å²) in [6, 6.07) is 11.1. The Hall–Kier alpha value is -3.88. The topological polar surface area (TPSA) is 104 Å². The van der Waals surface area contributed by atoms with Crippen LogP contribution in [0.3, 0.4) is 0 Å². The average molecular weight is 510 g/mol. The number of aromatic nitrogens is 2. The van der Waals surface area contributed by atoms with Crippen molar-refractivity contribution in [3.63, 3.8) is 0 Å². The van der Waals surface area contributed by atoms with Crippen LogP contribution >= 0.6 is 0 Å². The lowest BCUT2D eigenvalue weighted by atomic mass is 9.92. The van der Waals surface area contributed by atoms with Crippen molar-refractivity contribution in [3.8, 4) is 16.9 Å². The van der Waals surface area contributed by atoms with Crippen molar-refractivity contribution in [1.82, 2.24) is 9.97 Å². The Kier molecular flexibility index (Phi) is 8.11. The standard InChI is InChI=1S/C28H29F2N3O4/c1-17-28(37)27(24(34)3-2-4-26(35)36)32-25(31-17)15-18-11-13-33(14-12-18)21-8-5-19(6-9-21)22-10-7-20(29)16-23(22)30/h5-10,16,18,37H,2-4,11-15H2,1H3,(H,35,36). The van der Waals surface area contributed by atoms with Crippen molar-refractivity contribution in [2.24, 2.45) is 5.92 Å². The van der Waals surface area contributed by atoms with E-state index in [2.05, 4.69) is 14.9 Å². The molecule has 0 radical (unpaired) electrons. The normalized spacial score (nSPS) is 14.1. The molecule has 9 heteroatoms. The molecule has 1 aromatic heterocycles. The molecule has 2 heterocycles. The lowest BCUT2D eigenvalue weighted by Gasteiger charge is -2.33. The van der Waals surface area contributed by atoms with Crippen molar-refractivity contribution < 1.29 is 28.6 Å². The Labute approximate surface area is 213 Å². The number of hydrogen-bond donors (Lipinski definition) is 2. The predicted octanol–water partition coefficient (Wildman–Crippen LogP) is 5.33. The second-order valence-electron chi connectivity index (χ2n) is 9.40. The molecule has 2 N–H and O–H groups in total. The molecule has 0 unspecified atom stereocenters. The van der Waals surface area contributed by atoms with Gasteiger partial charge in [0.05, 0.1) is 5.69 Å². The van der Waals surface area contributed by atoms with Crippen LogP contribution < -0.4 is 4.90 Å². The minimum atomic E-state index is -0.972. The van der Waals surface area contributed by atoms with Crippen LogP contribution in [0.25, 0.3) is 11.1 Å². The van der Waals surface area contributed by atoms with Gasteiger partial charge in [-0.25, -0.2) is 18.7 Å². The Morgan fingerprint density at radius 1 is 1.03 bits per heavy atom. The molecule has 7 nitrogen and oxygen atoms in total. The zero-order chi connectivity index (χ0) is 26.5. The molecule has 0 aliphatic carbocycles. The van der Waals surface area contributed by atoms with Crippen molar-refractivity contribution in [1.29, 1.82) is 0 Å². The van der Waals surface area contributed by atoms with E-state index in [-0.39, 0.29) is 36.5 Å². The number of rotatable bonds is 9. The largest absolute Gasteiger partial charge is 0.504 e. The number of aromatic hydroxyl groups is 1. The number of carbonyl (C=O) groups excluding carboxylic acids is 1. The minimum Gasteiger partial charge on any atom is -0.504 e. The third-order valence-corrected chi connectivity index (χ3v) is 6.72. The number of nitrogens with zero attached hydrogens (tertiary/aromatic N) is 3. The summed E-state index contributed by atoms with van der Waals surface area (Å²) in [5, 5.41) is 19.1. The number of carboxylic acid groups (broad SMARTS) is 1. The molecule has 0 spiro atoms. The number of aryl methyl sites for hydroxylation is 1. The van der Waals surface area contributed by atoms with Gasteiger partial charge in [0.25, 0.3) is 0 Å². The third-order valence-electron chi connectivity index (χ3n) is 6.72. The van der Waals surface area contributed by atoms with Gasteiger partial charge in [-0.2, -0.15) is 0 Å². The SMILES string of the molecule is Cc1nc(CC2CCN(c3ccc(-c4ccc(F)cc4F)cc3)CC2)nc(C(=O)CCCC(=O)O)c1O. The smallest absolute Gasteiger partial charge is 0.303 e. The van der Waals surface area contributed by atoms with Crippen molar-refractivity contribution in [3.05, 3.63) is 71.3 Å². The number of carbonyl (C=O) groups is 2. The molecule has 0 amide bonds. The monoisotopic (exact) mass is 509 g/mol. The maximum atomic E-state index is 14.1. The Morgan fingerprint density at radius 3 is 2.38 bits per heavy atom. The summed E-state index contributed by atoms with van der Waals surface area (Å²) >= 11 is 0.